The number of hydrogen-bond acceptors (Lipinski definition) is 4. The number of methoxy groups -OCH3 is 1. The number of carbonyl (C=O) groups excluding carboxylic acids is 1. The number of para-hydroxylation sites is 1. The van der Waals surface area contributed by atoms with E-state index in [1.54, 1.807) is 7.11 Å². The first-order chi connectivity index (χ1) is 16.4. The molecule has 176 valence electrons. The number of carbonyl (C=O) groups is 1. The maximum absolute atomic E-state index is 13.1. The number of nitrogens with two attached hydrogens (primary N) is 1. The highest BCUT2D eigenvalue weighted by Crippen LogP contribution is 2.39. The molecule has 6 rings (SSSR count). The first-order valence-corrected chi connectivity index (χ1v) is 12.2. The largest absolute Gasteiger partial charge is 0.495 e. The summed E-state index contributed by atoms with van der Waals surface area (Å²) in [6, 6.07) is 12.5. The molecule has 1 atom stereocenters. The second kappa shape index (κ2) is 7.87. The van der Waals surface area contributed by atoms with Crippen LogP contribution in [0.15, 0.2) is 36.4 Å². The predicted molar refractivity (Wildman–Crippen MR) is 134 cm³/mol. The van der Waals surface area contributed by atoms with Crippen molar-refractivity contribution in [1.82, 2.24) is 19.0 Å². The number of amides is 1. The minimum absolute atomic E-state index is 0.0407. The van der Waals surface area contributed by atoms with Crippen LogP contribution in [0.25, 0.3) is 33.5 Å². The molecule has 1 fully saturated rings. The van der Waals surface area contributed by atoms with E-state index in [4.69, 9.17) is 15.5 Å². The number of fused-ring (bicyclic) bond motifs is 3. The van der Waals surface area contributed by atoms with Gasteiger partial charge < -0.3 is 24.5 Å². The van der Waals surface area contributed by atoms with Gasteiger partial charge in [-0.05, 0) is 61.9 Å². The zero-order valence-corrected chi connectivity index (χ0v) is 20.0. The first-order valence-electron chi connectivity index (χ1n) is 12.2. The van der Waals surface area contributed by atoms with Crippen molar-refractivity contribution in [2.45, 2.75) is 38.8 Å². The number of aromatic nitrogens is 3. The number of imidazole rings is 1. The Morgan fingerprint density at radius 3 is 2.79 bits per heavy atom. The number of nitrogens with zero attached hydrogens (tertiary/aromatic N) is 4. The Balaban J connectivity index is 1.50. The minimum atomic E-state index is -0.0407. The summed E-state index contributed by atoms with van der Waals surface area (Å²) in [4.78, 5) is 20.1. The monoisotopic (exact) mass is 457 g/mol. The van der Waals surface area contributed by atoms with E-state index >= 15 is 0 Å². The zero-order valence-electron chi connectivity index (χ0n) is 20.0. The van der Waals surface area contributed by atoms with Gasteiger partial charge in [0, 0.05) is 43.7 Å². The molecule has 0 saturated heterocycles. The Morgan fingerprint density at radius 2 is 2.06 bits per heavy atom. The maximum atomic E-state index is 13.1. The maximum Gasteiger partial charge on any atom is 0.254 e. The Bertz CT molecular complexity index is 1430. The Morgan fingerprint density at radius 1 is 1.24 bits per heavy atom. The molecule has 2 aliphatic rings. The molecule has 0 unspecified atom stereocenters. The summed E-state index contributed by atoms with van der Waals surface area (Å²) in [7, 11) is 3.80. The normalized spacial score (nSPS) is 16.9. The fourth-order valence-corrected chi connectivity index (χ4v) is 5.35. The molecule has 1 aliphatic heterocycles. The average molecular weight is 458 g/mol. The Labute approximate surface area is 199 Å². The molecule has 1 saturated carbocycles. The van der Waals surface area contributed by atoms with E-state index in [0.29, 0.717) is 19.0 Å². The average Bonchev–Trinajstić information content (AvgIpc) is 3.49. The van der Waals surface area contributed by atoms with Crippen molar-refractivity contribution in [3.63, 3.8) is 0 Å². The van der Waals surface area contributed by atoms with Crippen molar-refractivity contribution in [3.8, 4) is 17.3 Å². The van der Waals surface area contributed by atoms with Crippen LogP contribution in [0.1, 0.15) is 35.7 Å². The minimum Gasteiger partial charge on any atom is -0.495 e. The lowest BCUT2D eigenvalue weighted by atomic mass is 9.97. The van der Waals surface area contributed by atoms with Crippen LogP contribution in [-0.4, -0.2) is 51.2 Å². The fraction of sp³-hybridized carbons (Fsp3) is 0.407. The number of ether oxygens (including phenoxy) is 1. The highest BCUT2D eigenvalue weighted by Gasteiger charge is 2.29. The predicted octanol–water partition coefficient (Wildman–Crippen LogP) is 3.96. The topological polar surface area (TPSA) is 78.3 Å². The van der Waals surface area contributed by atoms with Gasteiger partial charge in [-0.15, -0.1) is 0 Å². The van der Waals surface area contributed by atoms with Crippen LogP contribution in [0.5, 0.6) is 5.75 Å². The van der Waals surface area contributed by atoms with Gasteiger partial charge in [-0.1, -0.05) is 12.1 Å². The molecule has 2 aromatic heterocycles. The van der Waals surface area contributed by atoms with Crippen LogP contribution in [0, 0.1) is 5.92 Å². The molecular weight excluding hydrogens is 426 g/mol. The van der Waals surface area contributed by atoms with Gasteiger partial charge in [0.1, 0.15) is 5.75 Å². The van der Waals surface area contributed by atoms with Gasteiger partial charge in [-0.2, -0.15) is 0 Å². The molecule has 0 spiro atoms. The van der Waals surface area contributed by atoms with Crippen LogP contribution >= 0.6 is 0 Å². The van der Waals surface area contributed by atoms with E-state index in [-0.39, 0.29) is 11.9 Å². The van der Waals surface area contributed by atoms with Gasteiger partial charge in [0.2, 0.25) is 0 Å². The van der Waals surface area contributed by atoms with Gasteiger partial charge in [0.05, 0.1) is 29.4 Å². The molecule has 2 aromatic carbocycles. The molecule has 3 heterocycles. The molecule has 7 heteroatoms. The third-order valence-electron chi connectivity index (χ3n) is 7.25. The summed E-state index contributed by atoms with van der Waals surface area (Å²) >= 11 is 0. The molecule has 4 aromatic rings. The summed E-state index contributed by atoms with van der Waals surface area (Å²) in [6.07, 6.45) is 3.37. The Kier molecular flexibility index (Phi) is 4.92. The van der Waals surface area contributed by atoms with Crippen molar-refractivity contribution >= 4 is 27.8 Å². The van der Waals surface area contributed by atoms with Crippen molar-refractivity contribution in [2.75, 3.05) is 20.2 Å². The first kappa shape index (κ1) is 21.2. The van der Waals surface area contributed by atoms with Crippen LogP contribution in [-0.2, 0) is 20.0 Å². The smallest absolute Gasteiger partial charge is 0.254 e. The summed E-state index contributed by atoms with van der Waals surface area (Å²) in [6.45, 7) is 4.18. The van der Waals surface area contributed by atoms with Crippen LogP contribution in [0.4, 0.5) is 0 Å². The third kappa shape index (κ3) is 3.38. The summed E-state index contributed by atoms with van der Waals surface area (Å²) in [5.41, 5.74) is 11.9. The number of hydrogen-bond donors (Lipinski definition) is 1. The van der Waals surface area contributed by atoms with E-state index in [2.05, 4.69) is 34.4 Å². The molecule has 34 heavy (non-hydrogen) atoms. The van der Waals surface area contributed by atoms with E-state index in [9.17, 15) is 4.79 Å². The molecule has 0 radical (unpaired) electrons. The van der Waals surface area contributed by atoms with Gasteiger partial charge in [0.25, 0.3) is 5.91 Å². The summed E-state index contributed by atoms with van der Waals surface area (Å²) in [5, 5.41) is 1.16. The molecule has 7 nitrogen and oxygen atoms in total. The molecule has 1 amide bonds. The van der Waals surface area contributed by atoms with Crippen molar-refractivity contribution in [3.05, 3.63) is 47.5 Å². The molecule has 2 N–H and O–H groups in total. The van der Waals surface area contributed by atoms with E-state index in [1.165, 1.54) is 12.8 Å². The van der Waals surface area contributed by atoms with Crippen LogP contribution in [0.3, 0.4) is 0 Å². The number of rotatable bonds is 6. The highest BCUT2D eigenvalue weighted by molar-refractivity contribution is 6.01. The molecule has 0 bridgehead atoms. The second-order valence-corrected chi connectivity index (χ2v) is 9.95. The van der Waals surface area contributed by atoms with Gasteiger partial charge in [0.15, 0.2) is 5.82 Å². The molecule has 1 aliphatic carbocycles. The zero-order chi connectivity index (χ0) is 23.6. The lowest BCUT2D eigenvalue weighted by Gasteiger charge is -2.29. The van der Waals surface area contributed by atoms with Crippen molar-refractivity contribution in [2.24, 2.45) is 18.7 Å². The van der Waals surface area contributed by atoms with Crippen LogP contribution < -0.4 is 10.5 Å². The third-order valence-corrected chi connectivity index (χ3v) is 7.25. The lowest BCUT2D eigenvalue weighted by Crippen LogP contribution is -2.43. The molecular formula is C27H31N5O2. The quantitative estimate of drug-likeness (QED) is 0.475. The van der Waals surface area contributed by atoms with Gasteiger partial charge >= 0.3 is 0 Å². The highest BCUT2D eigenvalue weighted by atomic mass is 16.5. The standard InChI is InChI=1S/C27H31N5O2/c1-16(28)14-31-10-9-18-11-22-21(13-20(18)27(31)33)29-26(30(22)2)23-12-19-5-4-6-24(34-3)25(19)32(23)15-17-7-8-17/h4-6,11-13,16-17H,7-10,14-15,28H2,1-3H3/t16-/m1/s1. The SMILES string of the molecule is COc1cccc2cc(-c3nc4cc5c(cc4n3C)CCN(C[C@@H](C)N)C5=O)n(CC3CC3)c12. The van der Waals surface area contributed by atoms with E-state index in [1.807, 2.05) is 30.0 Å². The Hall–Kier alpha value is -3.32. The van der Waals surface area contributed by atoms with Crippen molar-refractivity contribution < 1.29 is 9.53 Å². The number of aryl methyl sites for hydroxylation is 1. The number of benzene rings is 2. The van der Waals surface area contributed by atoms with Gasteiger partial charge in [-0.3, -0.25) is 4.79 Å². The fourth-order valence-electron chi connectivity index (χ4n) is 5.35. The van der Waals surface area contributed by atoms with Gasteiger partial charge in [-0.25, -0.2) is 4.98 Å². The lowest BCUT2D eigenvalue weighted by molar-refractivity contribution is 0.0732. The van der Waals surface area contributed by atoms with Crippen molar-refractivity contribution in [1.29, 1.82) is 0 Å². The summed E-state index contributed by atoms with van der Waals surface area (Å²) in [5.74, 6) is 2.56. The second-order valence-electron chi connectivity index (χ2n) is 9.95. The van der Waals surface area contributed by atoms with E-state index < -0.39 is 0 Å². The van der Waals surface area contributed by atoms with E-state index in [0.717, 1.165) is 63.3 Å². The summed E-state index contributed by atoms with van der Waals surface area (Å²) < 4.78 is 10.3. The van der Waals surface area contributed by atoms with Crippen LogP contribution in [0.2, 0.25) is 0 Å².